The molecular formula is C11H18N2OS2. The Bertz CT molecular complexity index is 324. The number of nitrogens with zero attached hydrogens (tertiary/aromatic N) is 1. The van der Waals surface area contributed by atoms with Gasteiger partial charge in [0.1, 0.15) is 11.1 Å². The lowest BCUT2D eigenvalue weighted by molar-refractivity contribution is 0.0760. The minimum atomic E-state index is 0.125. The maximum Gasteiger partial charge on any atom is 0.122 e. The van der Waals surface area contributed by atoms with Gasteiger partial charge in [-0.1, -0.05) is 0 Å². The number of hydrogen-bond donors (Lipinski definition) is 1. The third kappa shape index (κ3) is 2.97. The molecule has 2 heterocycles. The molecule has 1 aliphatic heterocycles. The highest BCUT2D eigenvalue weighted by molar-refractivity contribution is 7.99. The van der Waals surface area contributed by atoms with Gasteiger partial charge in [-0.2, -0.15) is 11.8 Å². The lowest BCUT2D eigenvalue weighted by atomic mass is 10.2. The topological polar surface area (TPSA) is 34.1 Å². The summed E-state index contributed by atoms with van der Waals surface area (Å²) in [4.78, 5) is 4.67. The molecule has 1 aliphatic rings. The number of aromatic nitrogens is 1. The van der Waals surface area contributed by atoms with Crippen molar-refractivity contribution in [2.24, 2.45) is 0 Å². The molecule has 2 atom stereocenters. The molecule has 2 rings (SSSR count). The van der Waals surface area contributed by atoms with Gasteiger partial charge in [-0.15, -0.1) is 11.3 Å². The SMILES string of the molecule is CCOC(C)c1nc(C2CSCCN2)cs1. The van der Waals surface area contributed by atoms with Crippen molar-refractivity contribution in [3.05, 3.63) is 16.1 Å². The van der Waals surface area contributed by atoms with Crippen LogP contribution in [-0.2, 0) is 4.74 Å². The average Bonchev–Trinajstić information content (AvgIpc) is 2.80. The van der Waals surface area contributed by atoms with Gasteiger partial charge in [-0.25, -0.2) is 4.98 Å². The van der Waals surface area contributed by atoms with Crippen molar-refractivity contribution in [2.75, 3.05) is 24.7 Å². The first kappa shape index (κ1) is 12.4. The summed E-state index contributed by atoms with van der Waals surface area (Å²) in [6.45, 7) is 5.91. The predicted octanol–water partition coefficient (Wildman–Crippen LogP) is 2.62. The molecule has 1 fully saturated rings. The fraction of sp³-hybridized carbons (Fsp3) is 0.727. The van der Waals surface area contributed by atoms with Crippen molar-refractivity contribution in [3.63, 3.8) is 0 Å². The molecule has 1 aromatic heterocycles. The Labute approximate surface area is 105 Å². The van der Waals surface area contributed by atoms with E-state index in [2.05, 4.69) is 22.6 Å². The molecule has 0 bridgehead atoms. The van der Waals surface area contributed by atoms with Crippen LogP contribution >= 0.6 is 23.1 Å². The first-order chi connectivity index (χ1) is 7.81. The minimum absolute atomic E-state index is 0.125. The van der Waals surface area contributed by atoms with Gasteiger partial charge in [0, 0.05) is 30.0 Å². The molecule has 0 aliphatic carbocycles. The van der Waals surface area contributed by atoms with Gasteiger partial charge in [-0.05, 0) is 13.8 Å². The second-order valence-electron chi connectivity index (χ2n) is 3.79. The third-order valence-corrected chi connectivity index (χ3v) is 4.67. The van der Waals surface area contributed by atoms with Crippen LogP contribution in [0.5, 0.6) is 0 Å². The average molecular weight is 258 g/mol. The molecule has 2 unspecified atom stereocenters. The number of thioether (sulfide) groups is 1. The highest BCUT2D eigenvalue weighted by Crippen LogP contribution is 2.27. The van der Waals surface area contributed by atoms with Crippen molar-refractivity contribution in [3.8, 4) is 0 Å². The van der Waals surface area contributed by atoms with E-state index in [4.69, 9.17) is 4.74 Å². The second kappa shape index (κ2) is 6.00. The van der Waals surface area contributed by atoms with Gasteiger partial charge in [0.2, 0.25) is 0 Å². The lowest BCUT2D eigenvalue weighted by Crippen LogP contribution is -2.30. The molecule has 1 N–H and O–H groups in total. The number of nitrogens with one attached hydrogen (secondary N) is 1. The van der Waals surface area contributed by atoms with E-state index in [0.717, 1.165) is 23.9 Å². The quantitative estimate of drug-likeness (QED) is 0.900. The molecule has 0 saturated carbocycles. The zero-order valence-corrected chi connectivity index (χ0v) is 11.4. The molecule has 5 heteroatoms. The first-order valence-electron chi connectivity index (χ1n) is 5.69. The molecule has 0 radical (unpaired) electrons. The van der Waals surface area contributed by atoms with Crippen molar-refractivity contribution in [1.82, 2.24) is 10.3 Å². The molecule has 3 nitrogen and oxygen atoms in total. The minimum Gasteiger partial charge on any atom is -0.372 e. The number of ether oxygens (including phenoxy) is 1. The van der Waals surface area contributed by atoms with Crippen LogP contribution in [0.3, 0.4) is 0 Å². The maximum atomic E-state index is 5.55. The van der Waals surface area contributed by atoms with E-state index in [1.807, 2.05) is 18.7 Å². The van der Waals surface area contributed by atoms with Crippen molar-refractivity contribution >= 4 is 23.1 Å². The summed E-state index contributed by atoms with van der Waals surface area (Å²) in [6, 6.07) is 0.428. The van der Waals surface area contributed by atoms with Gasteiger partial charge in [0.25, 0.3) is 0 Å². The number of thiazole rings is 1. The Balaban J connectivity index is 2.00. The smallest absolute Gasteiger partial charge is 0.122 e. The van der Waals surface area contributed by atoms with Crippen LogP contribution in [0, 0.1) is 0 Å². The van der Waals surface area contributed by atoms with E-state index in [-0.39, 0.29) is 6.10 Å². The van der Waals surface area contributed by atoms with Crippen molar-refractivity contribution < 1.29 is 4.74 Å². The Morgan fingerprint density at radius 1 is 1.69 bits per heavy atom. The maximum absolute atomic E-state index is 5.55. The summed E-state index contributed by atoms with van der Waals surface area (Å²) in [7, 11) is 0. The third-order valence-electron chi connectivity index (χ3n) is 2.58. The second-order valence-corrected chi connectivity index (χ2v) is 5.83. The Morgan fingerprint density at radius 2 is 2.56 bits per heavy atom. The number of rotatable bonds is 4. The zero-order chi connectivity index (χ0) is 11.4. The standard InChI is InChI=1S/C11H18N2OS2/c1-3-14-8(2)11-13-10(7-16-11)9-6-15-5-4-12-9/h7-9,12H,3-6H2,1-2H3. The number of hydrogen-bond acceptors (Lipinski definition) is 5. The molecular weight excluding hydrogens is 240 g/mol. The van der Waals surface area contributed by atoms with Gasteiger partial charge in [0.15, 0.2) is 0 Å². The summed E-state index contributed by atoms with van der Waals surface area (Å²) in [5.41, 5.74) is 1.18. The summed E-state index contributed by atoms with van der Waals surface area (Å²) in [5, 5.41) is 6.76. The van der Waals surface area contributed by atoms with Crippen molar-refractivity contribution in [2.45, 2.75) is 26.0 Å². The largest absolute Gasteiger partial charge is 0.372 e. The molecule has 1 aromatic rings. The van der Waals surface area contributed by atoms with Gasteiger partial charge < -0.3 is 10.1 Å². The predicted molar refractivity (Wildman–Crippen MR) is 70.2 cm³/mol. The van der Waals surface area contributed by atoms with E-state index < -0.39 is 0 Å². The van der Waals surface area contributed by atoms with Crippen LogP contribution in [0.15, 0.2) is 5.38 Å². The summed E-state index contributed by atoms with van der Waals surface area (Å²) < 4.78 is 5.55. The van der Waals surface area contributed by atoms with Gasteiger partial charge in [0.05, 0.1) is 11.7 Å². The van der Waals surface area contributed by atoms with Gasteiger partial charge in [-0.3, -0.25) is 0 Å². The summed E-state index contributed by atoms with van der Waals surface area (Å²) in [6.07, 6.45) is 0.125. The van der Waals surface area contributed by atoms with Crippen LogP contribution in [0.25, 0.3) is 0 Å². The van der Waals surface area contributed by atoms with Gasteiger partial charge >= 0.3 is 0 Å². The summed E-state index contributed by atoms with van der Waals surface area (Å²) >= 11 is 3.70. The van der Waals surface area contributed by atoms with Crippen LogP contribution in [0.4, 0.5) is 0 Å². The molecule has 90 valence electrons. The normalized spacial score (nSPS) is 23.2. The van der Waals surface area contributed by atoms with Crippen LogP contribution in [-0.4, -0.2) is 29.6 Å². The van der Waals surface area contributed by atoms with E-state index in [1.54, 1.807) is 11.3 Å². The highest BCUT2D eigenvalue weighted by atomic mass is 32.2. The highest BCUT2D eigenvalue weighted by Gasteiger charge is 2.19. The van der Waals surface area contributed by atoms with Crippen LogP contribution in [0.1, 0.15) is 36.7 Å². The Kier molecular flexibility index (Phi) is 4.64. The van der Waals surface area contributed by atoms with E-state index in [0.29, 0.717) is 6.04 Å². The fourth-order valence-corrected chi connectivity index (χ4v) is 3.55. The van der Waals surface area contributed by atoms with E-state index in [9.17, 15) is 0 Å². The lowest BCUT2D eigenvalue weighted by Gasteiger charge is -2.21. The van der Waals surface area contributed by atoms with Crippen molar-refractivity contribution in [1.29, 1.82) is 0 Å². The Morgan fingerprint density at radius 3 is 3.25 bits per heavy atom. The Hall–Kier alpha value is -0.100. The van der Waals surface area contributed by atoms with Crippen LogP contribution < -0.4 is 5.32 Å². The molecule has 0 amide bonds. The molecule has 16 heavy (non-hydrogen) atoms. The fourth-order valence-electron chi connectivity index (χ4n) is 1.72. The monoisotopic (exact) mass is 258 g/mol. The first-order valence-corrected chi connectivity index (χ1v) is 7.72. The summed E-state index contributed by atoms with van der Waals surface area (Å²) in [5.74, 6) is 2.34. The molecule has 0 aromatic carbocycles. The van der Waals surface area contributed by atoms with Crippen LogP contribution in [0.2, 0.25) is 0 Å². The van der Waals surface area contributed by atoms with E-state index in [1.165, 1.54) is 11.4 Å². The molecule has 0 spiro atoms. The zero-order valence-electron chi connectivity index (χ0n) is 9.73. The van der Waals surface area contributed by atoms with E-state index >= 15 is 0 Å². The molecule has 1 saturated heterocycles.